The lowest BCUT2D eigenvalue weighted by Crippen LogP contribution is -2.42. The molecule has 2 amide bonds. The fourth-order valence-corrected chi connectivity index (χ4v) is 4.56. The highest BCUT2D eigenvalue weighted by Crippen LogP contribution is 2.33. The molecule has 0 bridgehead atoms. The van der Waals surface area contributed by atoms with Gasteiger partial charge in [-0.2, -0.15) is 5.10 Å². The van der Waals surface area contributed by atoms with Gasteiger partial charge in [-0.25, -0.2) is 14.8 Å². The molecule has 36 heavy (non-hydrogen) atoms. The molecule has 2 N–H and O–H groups in total. The van der Waals surface area contributed by atoms with E-state index in [-0.39, 0.29) is 17.8 Å². The maximum absolute atomic E-state index is 13.0. The Morgan fingerprint density at radius 3 is 2.69 bits per heavy atom. The topological polar surface area (TPSA) is 135 Å². The molecule has 190 valence electrons. The van der Waals surface area contributed by atoms with Crippen LogP contribution in [0.2, 0.25) is 0 Å². The molecule has 0 unspecified atom stereocenters. The van der Waals surface area contributed by atoms with Gasteiger partial charge < -0.3 is 29.7 Å². The van der Waals surface area contributed by atoms with Crippen molar-refractivity contribution in [2.24, 2.45) is 7.05 Å². The zero-order valence-electron chi connectivity index (χ0n) is 20.3. The predicted octanol–water partition coefficient (Wildman–Crippen LogP) is 2.36. The molecule has 12 heteroatoms. The third-order valence-corrected chi connectivity index (χ3v) is 6.43. The van der Waals surface area contributed by atoms with Gasteiger partial charge >= 0.3 is 6.09 Å². The Balaban J connectivity index is 1.27. The number of aromatic nitrogens is 4. The first-order chi connectivity index (χ1) is 17.4. The van der Waals surface area contributed by atoms with Crippen molar-refractivity contribution in [2.45, 2.75) is 31.3 Å². The Bertz CT molecular complexity index is 1260. The molecular formula is C24H29N7O5. The van der Waals surface area contributed by atoms with Crippen LogP contribution in [0, 0.1) is 0 Å². The molecule has 0 radical (unpaired) electrons. The number of hydrogen-bond acceptors (Lipinski definition) is 8. The van der Waals surface area contributed by atoms with Gasteiger partial charge in [0.1, 0.15) is 23.9 Å². The number of amides is 2. The van der Waals surface area contributed by atoms with Gasteiger partial charge in [0, 0.05) is 50.9 Å². The second kappa shape index (κ2) is 9.97. The van der Waals surface area contributed by atoms with Crippen molar-refractivity contribution in [3.8, 4) is 5.75 Å². The van der Waals surface area contributed by atoms with Crippen molar-refractivity contribution < 1.29 is 24.2 Å². The molecule has 1 aromatic carbocycles. The lowest BCUT2D eigenvalue weighted by Gasteiger charge is -2.26. The van der Waals surface area contributed by atoms with Crippen LogP contribution in [0.5, 0.6) is 5.75 Å². The van der Waals surface area contributed by atoms with E-state index in [1.165, 1.54) is 6.20 Å². The highest BCUT2D eigenvalue weighted by molar-refractivity contribution is 6.04. The van der Waals surface area contributed by atoms with Gasteiger partial charge in [0.25, 0.3) is 5.91 Å². The minimum atomic E-state index is -0.863. The average molecular weight is 496 g/mol. The lowest BCUT2D eigenvalue weighted by molar-refractivity contribution is 0.102. The molecule has 1 aliphatic heterocycles. The lowest BCUT2D eigenvalue weighted by atomic mass is 10.2. The van der Waals surface area contributed by atoms with Crippen LogP contribution in [0.3, 0.4) is 0 Å². The van der Waals surface area contributed by atoms with Crippen LogP contribution in [-0.4, -0.2) is 87.3 Å². The fourth-order valence-electron chi connectivity index (χ4n) is 4.56. The van der Waals surface area contributed by atoms with E-state index in [1.807, 2.05) is 24.2 Å². The first-order valence-corrected chi connectivity index (χ1v) is 11.9. The number of nitrogens with one attached hydrogen (secondary N) is 1. The van der Waals surface area contributed by atoms with Crippen molar-refractivity contribution in [3.05, 3.63) is 36.4 Å². The number of carbonyl (C=O) groups is 2. The average Bonchev–Trinajstić information content (AvgIpc) is 3.44. The molecule has 3 aromatic rings. The third-order valence-electron chi connectivity index (χ3n) is 6.43. The second-order valence-electron chi connectivity index (χ2n) is 9.07. The quantitative estimate of drug-likeness (QED) is 0.429. The highest BCUT2D eigenvalue weighted by Gasteiger charge is 2.40. The zero-order valence-corrected chi connectivity index (χ0v) is 20.3. The molecule has 1 atom stereocenters. The van der Waals surface area contributed by atoms with Gasteiger partial charge in [-0.15, -0.1) is 0 Å². The third kappa shape index (κ3) is 5.03. The number of hydrogen-bond donors (Lipinski definition) is 2. The van der Waals surface area contributed by atoms with Crippen molar-refractivity contribution in [2.75, 3.05) is 43.6 Å². The summed E-state index contributed by atoms with van der Waals surface area (Å²) in [6.07, 6.45) is 6.59. The van der Waals surface area contributed by atoms with Gasteiger partial charge in [-0.3, -0.25) is 9.48 Å². The molecule has 0 spiro atoms. The van der Waals surface area contributed by atoms with E-state index >= 15 is 0 Å². The van der Waals surface area contributed by atoms with Crippen LogP contribution in [0.25, 0.3) is 10.9 Å². The smallest absolute Gasteiger partial charge is 0.407 e. The number of nitrogens with zero attached hydrogens (tertiary/aromatic N) is 6. The van der Waals surface area contributed by atoms with Crippen molar-refractivity contribution in [1.29, 1.82) is 0 Å². The summed E-state index contributed by atoms with van der Waals surface area (Å²) in [4.78, 5) is 37.0. The number of rotatable bonds is 9. The van der Waals surface area contributed by atoms with E-state index < -0.39 is 12.0 Å². The summed E-state index contributed by atoms with van der Waals surface area (Å²) in [6.45, 7) is 1.98. The minimum absolute atomic E-state index is 0.0568. The van der Waals surface area contributed by atoms with Gasteiger partial charge in [0.05, 0.1) is 36.2 Å². The SMILES string of the molecule is COCCOc1cc2nn(C)cc2cc1NC(=O)c1cnc(N2CC[C@@H](N(C(=O)O)C3CC3)C2)cn1. The number of aryl methyl sites for hydroxylation is 1. The van der Waals surface area contributed by atoms with Crippen LogP contribution < -0.4 is 15.0 Å². The van der Waals surface area contributed by atoms with Gasteiger partial charge in [-0.1, -0.05) is 0 Å². The molecule has 2 fully saturated rings. The summed E-state index contributed by atoms with van der Waals surface area (Å²) < 4.78 is 12.6. The Kier molecular flexibility index (Phi) is 6.59. The van der Waals surface area contributed by atoms with E-state index in [4.69, 9.17) is 9.47 Å². The van der Waals surface area contributed by atoms with E-state index in [1.54, 1.807) is 29.0 Å². The fraction of sp³-hybridized carbons (Fsp3) is 0.458. The number of methoxy groups -OCH3 is 1. The summed E-state index contributed by atoms with van der Waals surface area (Å²) in [5.41, 5.74) is 1.41. The van der Waals surface area contributed by atoms with E-state index in [0.29, 0.717) is 43.6 Å². The Hall–Kier alpha value is -3.93. The maximum Gasteiger partial charge on any atom is 0.407 e. The van der Waals surface area contributed by atoms with E-state index in [2.05, 4.69) is 20.4 Å². The summed E-state index contributed by atoms with van der Waals surface area (Å²) in [6, 6.07) is 3.67. The number of carbonyl (C=O) groups excluding carboxylic acids is 1. The van der Waals surface area contributed by atoms with Gasteiger partial charge in [0.15, 0.2) is 0 Å². The van der Waals surface area contributed by atoms with Gasteiger partial charge in [-0.05, 0) is 25.3 Å². The zero-order chi connectivity index (χ0) is 25.2. The minimum Gasteiger partial charge on any atom is -0.489 e. The maximum atomic E-state index is 13.0. The highest BCUT2D eigenvalue weighted by atomic mass is 16.5. The second-order valence-corrected chi connectivity index (χ2v) is 9.07. The van der Waals surface area contributed by atoms with Crippen molar-refractivity contribution in [3.63, 3.8) is 0 Å². The Morgan fingerprint density at radius 2 is 2.00 bits per heavy atom. The van der Waals surface area contributed by atoms with Crippen LogP contribution in [0.4, 0.5) is 16.3 Å². The van der Waals surface area contributed by atoms with Crippen LogP contribution >= 0.6 is 0 Å². The van der Waals surface area contributed by atoms with E-state index in [9.17, 15) is 14.7 Å². The number of benzene rings is 1. The van der Waals surface area contributed by atoms with Gasteiger partial charge in [0.2, 0.25) is 0 Å². The molecule has 2 aliphatic rings. The standard InChI is InChI=1S/C24H29N7O5/c1-29-13-15-9-19(21(10-18(15)28-29)36-8-7-35-2)27-23(32)20-11-26-22(12-25-20)30-6-5-17(14-30)31(24(33)34)16-3-4-16/h9-13,16-17H,3-8,14H2,1-2H3,(H,27,32)(H,33,34)/t17-/m1/s1. The molecule has 2 aromatic heterocycles. The van der Waals surface area contributed by atoms with Crippen LogP contribution in [0.1, 0.15) is 29.8 Å². The summed E-state index contributed by atoms with van der Waals surface area (Å²) in [7, 11) is 3.42. The van der Waals surface area contributed by atoms with Crippen molar-refractivity contribution >= 4 is 34.4 Å². The molecule has 5 rings (SSSR count). The Morgan fingerprint density at radius 1 is 1.17 bits per heavy atom. The molecule has 3 heterocycles. The molecule has 1 saturated carbocycles. The first-order valence-electron chi connectivity index (χ1n) is 11.9. The largest absolute Gasteiger partial charge is 0.489 e. The molecule has 1 aliphatic carbocycles. The predicted molar refractivity (Wildman–Crippen MR) is 132 cm³/mol. The molecule has 12 nitrogen and oxygen atoms in total. The normalized spacial score (nSPS) is 17.4. The van der Waals surface area contributed by atoms with Crippen LogP contribution in [0.15, 0.2) is 30.7 Å². The number of carboxylic acid groups (broad SMARTS) is 1. The van der Waals surface area contributed by atoms with Crippen molar-refractivity contribution in [1.82, 2.24) is 24.6 Å². The number of ether oxygens (including phenoxy) is 2. The number of fused-ring (bicyclic) bond motifs is 1. The van der Waals surface area contributed by atoms with Crippen LogP contribution in [-0.2, 0) is 11.8 Å². The monoisotopic (exact) mass is 495 g/mol. The molecular weight excluding hydrogens is 466 g/mol. The summed E-state index contributed by atoms with van der Waals surface area (Å²) in [5, 5.41) is 17.7. The van der Waals surface area contributed by atoms with E-state index in [0.717, 1.165) is 30.2 Å². The summed E-state index contributed by atoms with van der Waals surface area (Å²) >= 11 is 0. The Labute approximate surface area is 207 Å². The molecule has 1 saturated heterocycles. The first kappa shape index (κ1) is 23.8. The number of anilines is 2. The summed E-state index contributed by atoms with van der Waals surface area (Å²) in [5.74, 6) is 0.687.